The van der Waals surface area contributed by atoms with E-state index < -0.39 is 0 Å². The van der Waals surface area contributed by atoms with E-state index in [4.69, 9.17) is 11.6 Å². The van der Waals surface area contributed by atoms with Gasteiger partial charge < -0.3 is 0 Å². The minimum Gasteiger partial charge on any atom is -0.0895 e. The second-order valence-electron chi connectivity index (χ2n) is 5.61. The first-order valence-corrected chi connectivity index (χ1v) is 7.77. The SMILES string of the molecule is Cl/C1=C/C(C2/C=C\CCCCC2)CCCCC1. The molecule has 0 N–H and O–H groups in total. The first-order chi connectivity index (χ1) is 8.36. The highest BCUT2D eigenvalue weighted by Crippen LogP contribution is 2.32. The van der Waals surface area contributed by atoms with Gasteiger partial charge in [0.1, 0.15) is 0 Å². The molecular formula is C16H25Cl. The predicted octanol–water partition coefficient (Wildman–Crippen LogP) is 5.83. The molecule has 2 aliphatic carbocycles. The van der Waals surface area contributed by atoms with Crippen LogP contribution in [0.3, 0.4) is 0 Å². The summed E-state index contributed by atoms with van der Waals surface area (Å²) < 4.78 is 0. The summed E-state index contributed by atoms with van der Waals surface area (Å²) in [6, 6.07) is 0. The molecule has 96 valence electrons. The molecule has 2 aliphatic rings. The summed E-state index contributed by atoms with van der Waals surface area (Å²) in [6.45, 7) is 0. The van der Waals surface area contributed by atoms with Gasteiger partial charge in [-0.05, 0) is 50.4 Å². The van der Waals surface area contributed by atoms with Crippen LogP contribution < -0.4 is 0 Å². The molecule has 0 aliphatic heterocycles. The fraction of sp³-hybridized carbons (Fsp3) is 0.750. The van der Waals surface area contributed by atoms with Crippen LogP contribution >= 0.6 is 11.6 Å². The predicted molar refractivity (Wildman–Crippen MR) is 76.2 cm³/mol. The number of rotatable bonds is 1. The van der Waals surface area contributed by atoms with Gasteiger partial charge in [0.25, 0.3) is 0 Å². The summed E-state index contributed by atoms with van der Waals surface area (Å²) in [5.74, 6) is 1.46. The zero-order valence-corrected chi connectivity index (χ0v) is 11.6. The Balaban J connectivity index is 2.03. The lowest BCUT2D eigenvalue weighted by Gasteiger charge is -2.25. The van der Waals surface area contributed by atoms with E-state index in [1.807, 2.05) is 0 Å². The third kappa shape index (κ3) is 4.50. The zero-order chi connectivity index (χ0) is 11.9. The van der Waals surface area contributed by atoms with Gasteiger partial charge in [-0.2, -0.15) is 0 Å². The average molecular weight is 253 g/mol. The van der Waals surface area contributed by atoms with Gasteiger partial charge in [0.05, 0.1) is 0 Å². The zero-order valence-electron chi connectivity index (χ0n) is 10.8. The van der Waals surface area contributed by atoms with Gasteiger partial charge in [-0.15, -0.1) is 0 Å². The Hall–Kier alpha value is -0.230. The summed E-state index contributed by atoms with van der Waals surface area (Å²) in [7, 11) is 0. The van der Waals surface area contributed by atoms with Crippen molar-refractivity contribution in [2.45, 2.75) is 64.2 Å². The van der Waals surface area contributed by atoms with E-state index in [0.29, 0.717) is 5.92 Å². The van der Waals surface area contributed by atoms with Crippen LogP contribution in [-0.2, 0) is 0 Å². The Morgan fingerprint density at radius 2 is 1.65 bits per heavy atom. The molecule has 0 aromatic heterocycles. The molecule has 0 radical (unpaired) electrons. The standard InChI is InChI=1S/C16H25Cl/c17-16-12-8-4-7-11-15(13-16)14-9-5-2-1-3-6-10-14/h5,9,13-15H,1-4,6-8,10-12H2/b9-5-,16-13+. The lowest BCUT2D eigenvalue weighted by atomic mass is 9.81. The molecule has 0 fully saturated rings. The van der Waals surface area contributed by atoms with Gasteiger partial charge in [-0.25, -0.2) is 0 Å². The highest BCUT2D eigenvalue weighted by Gasteiger charge is 2.19. The second-order valence-corrected chi connectivity index (χ2v) is 6.09. The van der Waals surface area contributed by atoms with Crippen LogP contribution in [0.25, 0.3) is 0 Å². The van der Waals surface area contributed by atoms with Crippen LogP contribution in [0, 0.1) is 11.8 Å². The fourth-order valence-electron chi connectivity index (χ4n) is 3.13. The minimum atomic E-state index is 0.706. The van der Waals surface area contributed by atoms with Crippen LogP contribution in [0.5, 0.6) is 0 Å². The lowest BCUT2D eigenvalue weighted by Crippen LogP contribution is -2.13. The van der Waals surface area contributed by atoms with E-state index in [2.05, 4.69) is 18.2 Å². The molecule has 0 spiro atoms. The molecular weight excluding hydrogens is 228 g/mol. The monoisotopic (exact) mass is 252 g/mol. The molecule has 1 heteroatoms. The molecule has 17 heavy (non-hydrogen) atoms. The van der Waals surface area contributed by atoms with E-state index in [1.54, 1.807) is 0 Å². The highest BCUT2D eigenvalue weighted by molar-refractivity contribution is 6.29. The fourth-order valence-corrected chi connectivity index (χ4v) is 3.43. The van der Waals surface area contributed by atoms with Crippen molar-refractivity contribution in [3.63, 3.8) is 0 Å². The van der Waals surface area contributed by atoms with Crippen molar-refractivity contribution in [2.75, 3.05) is 0 Å². The smallest absolute Gasteiger partial charge is 0.0144 e. The van der Waals surface area contributed by atoms with Crippen LogP contribution in [0.2, 0.25) is 0 Å². The van der Waals surface area contributed by atoms with Crippen molar-refractivity contribution in [2.24, 2.45) is 11.8 Å². The van der Waals surface area contributed by atoms with Gasteiger partial charge in [0, 0.05) is 5.03 Å². The molecule has 2 atom stereocenters. The second kappa shape index (κ2) is 7.26. The van der Waals surface area contributed by atoms with Crippen LogP contribution in [0.1, 0.15) is 64.2 Å². The molecule has 2 rings (SSSR count). The number of halogens is 1. The number of hydrogen-bond acceptors (Lipinski definition) is 0. The van der Waals surface area contributed by atoms with Gasteiger partial charge in [0.2, 0.25) is 0 Å². The molecule has 0 nitrogen and oxygen atoms in total. The van der Waals surface area contributed by atoms with Crippen molar-refractivity contribution >= 4 is 11.6 Å². The summed E-state index contributed by atoms with van der Waals surface area (Å²) in [4.78, 5) is 0. The van der Waals surface area contributed by atoms with Crippen LogP contribution in [0.15, 0.2) is 23.3 Å². The maximum atomic E-state index is 6.32. The van der Waals surface area contributed by atoms with Gasteiger partial charge in [0.15, 0.2) is 0 Å². The molecule has 0 aromatic carbocycles. The van der Waals surface area contributed by atoms with E-state index in [9.17, 15) is 0 Å². The Labute approximate surface area is 111 Å². The molecule has 0 saturated carbocycles. The van der Waals surface area contributed by atoms with Crippen molar-refractivity contribution < 1.29 is 0 Å². The molecule has 0 saturated heterocycles. The topological polar surface area (TPSA) is 0 Å². The maximum absolute atomic E-state index is 6.32. The highest BCUT2D eigenvalue weighted by atomic mass is 35.5. The van der Waals surface area contributed by atoms with Crippen LogP contribution in [-0.4, -0.2) is 0 Å². The van der Waals surface area contributed by atoms with E-state index in [-0.39, 0.29) is 0 Å². The molecule has 0 heterocycles. The third-order valence-electron chi connectivity index (χ3n) is 4.19. The molecule has 0 amide bonds. The molecule has 0 bridgehead atoms. The largest absolute Gasteiger partial charge is 0.0895 e. The quantitative estimate of drug-likeness (QED) is 0.516. The molecule has 2 unspecified atom stereocenters. The van der Waals surface area contributed by atoms with Crippen LogP contribution in [0.4, 0.5) is 0 Å². The summed E-state index contributed by atoms with van der Waals surface area (Å²) in [6.07, 6.45) is 20.6. The van der Waals surface area contributed by atoms with E-state index in [0.717, 1.165) is 17.4 Å². The maximum Gasteiger partial charge on any atom is 0.0144 e. The van der Waals surface area contributed by atoms with Crippen molar-refractivity contribution in [1.29, 1.82) is 0 Å². The number of allylic oxidation sites excluding steroid dienone is 4. The van der Waals surface area contributed by atoms with Crippen molar-refractivity contribution in [1.82, 2.24) is 0 Å². The molecule has 0 aromatic rings. The Kier molecular flexibility index (Phi) is 5.64. The minimum absolute atomic E-state index is 0.706. The average Bonchev–Trinajstić information content (AvgIpc) is 2.23. The Morgan fingerprint density at radius 3 is 2.53 bits per heavy atom. The lowest BCUT2D eigenvalue weighted by molar-refractivity contribution is 0.378. The first-order valence-electron chi connectivity index (χ1n) is 7.39. The summed E-state index contributed by atoms with van der Waals surface area (Å²) >= 11 is 6.32. The summed E-state index contributed by atoms with van der Waals surface area (Å²) in [5, 5.41) is 1.12. The Morgan fingerprint density at radius 1 is 0.882 bits per heavy atom. The summed E-state index contributed by atoms with van der Waals surface area (Å²) in [5.41, 5.74) is 0. The normalized spacial score (nSPS) is 36.9. The Bertz CT molecular complexity index is 277. The number of hydrogen-bond donors (Lipinski definition) is 0. The van der Waals surface area contributed by atoms with Crippen molar-refractivity contribution in [3.8, 4) is 0 Å². The van der Waals surface area contributed by atoms with E-state index >= 15 is 0 Å². The van der Waals surface area contributed by atoms with E-state index in [1.165, 1.54) is 57.8 Å². The van der Waals surface area contributed by atoms with Gasteiger partial charge in [-0.1, -0.05) is 55.5 Å². The van der Waals surface area contributed by atoms with Crippen molar-refractivity contribution in [3.05, 3.63) is 23.3 Å². The van der Waals surface area contributed by atoms with Gasteiger partial charge >= 0.3 is 0 Å². The first kappa shape index (κ1) is 13.2. The van der Waals surface area contributed by atoms with Gasteiger partial charge in [-0.3, -0.25) is 0 Å². The third-order valence-corrected chi connectivity index (χ3v) is 4.50.